The lowest BCUT2D eigenvalue weighted by Crippen LogP contribution is -2.40. The second-order valence-electron chi connectivity index (χ2n) is 5.65. The third kappa shape index (κ3) is 3.35. The number of hydrogen-bond acceptors (Lipinski definition) is 7. The van der Waals surface area contributed by atoms with E-state index in [1.54, 1.807) is 36.0 Å². The molecule has 0 spiro atoms. The molecular weight excluding hydrogens is 360 g/mol. The lowest BCUT2D eigenvalue weighted by atomic mass is 10.2. The van der Waals surface area contributed by atoms with E-state index in [-0.39, 0.29) is 24.4 Å². The van der Waals surface area contributed by atoms with Gasteiger partial charge in [0.25, 0.3) is 0 Å². The van der Waals surface area contributed by atoms with Crippen LogP contribution >= 0.6 is 23.7 Å². The summed E-state index contributed by atoms with van der Waals surface area (Å²) in [5, 5.41) is 5.90. The number of fused-ring (bicyclic) bond motifs is 1. The van der Waals surface area contributed by atoms with Gasteiger partial charge >= 0.3 is 0 Å². The van der Waals surface area contributed by atoms with Crippen molar-refractivity contribution in [1.29, 1.82) is 0 Å². The minimum absolute atomic E-state index is 0. The van der Waals surface area contributed by atoms with Gasteiger partial charge in [0.05, 0.1) is 17.3 Å². The van der Waals surface area contributed by atoms with Crippen molar-refractivity contribution in [3.05, 3.63) is 36.1 Å². The van der Waals surface area contributed by atoms with Crippen molar-refractivity contribution in [3.63, 3.8) is 0 Å². The van der Waals surface area contributed by atoms with Crippen LogP contribution in [0.5, 0.6) is 0 Å². The van der Waals surface area contributed by atoms with Gasteiger partial charge in [0.2, 0.25) is 5.91 Å². The average Bonchev–Trinajstić information content (AvgIpc) is 3.25. The number of carbonyl (C=O) groups excluding carboxylic acids is 1. The molecule has 1 unspecified atom stereocenters. The molecule has 0 aromatic carbocycles. The third-order valence-corrected chi connectivity index (χ3v) is 4.94. The van der Waals surface area contributed by atoms with E-state index in [4.69, 9.17) is 5.73 Å². The average molecular weight is 377 g/mol. The molecule has 25 heavy (non-hydrogen) atoms. The highest BCUT2D eigenvalue weighted by molar-refractivity contribution is 7.16. The number of aromatic nitrogens is 3. The minimum atomic E-state index is -0.249. The number of anilines is 3. The molecule has 0 saturated carbocycles. The maximum atomic E-state index is 12.7. The van der Waals surface area contributed by atoms with Crippen molar-refractivity contribution >= 4 is 57.2 Å². The molecule has 3 N–H and O–H groups in total. The fraction of sp³-hybridized carbons (Fsp3) is 0.250. The monoisotopic (exact) mass is 376 g/mol. The summed E-state index contributed by atoms with van der Waals surface area (Å²) in [6, 6.07) is 5.18. The van der Waals surface area contributed by atoms with Gasteiger partial charge in [-0.1, -0.05) is 0 Å². The summed E-state index contributed by atoms with van der Waals surface area (Å²) in [7, 11) is 0. The zero-order chi connectivity index (χ0) is 16.5. The number of nitrogen functional groups attached to an aromatic ring is 1. The smallest absolute Gasteiger partial charge is 0.247 e. The van der Waals surface area contributed by atoms with Crippen molar-refractivity contribution < 1.29 is 4.79 Å². The van der Waals surface area contributed by atoms with E-state index < -0.39 is 0 Å². The molecule has 7 nitrogen and oxygen atoms in total. The Kier molecular flexibility index (Phi) is 5.00. The van der Waals surface area contributed by atoms with Gasteiger partial charge in [0.15, 0.2) is 0 Å². The lowest BCUT2D eigenvalue weighted by molar-refractivity contribution is -0.117. The second-order valence-corrected chi connectivity index (χ2v) is 6.54. The summed E-state index contributed by atoms with van der Waals surface area (Å²) in [4.78, 5) is 28.4. The SMILES string of the molecule is Cl.Nc1ccc(NC(=O)C2CCCN2c2ncnc3sccc23)cn1. The van der Waals surface area contributed by atoms with Crippen LogP contribution in [0.1, 0.15) is 12.8 Å². The third-order valence-electron chi connectivity index (χ3n) is 4.12. The number of amides is 1. The van der Waals surface area contributed by atoms with E-state index in [1.165, 1.54) is 0 Å². The minimum Gasteiger partial charge on any atom is -0.384 e. The van der Waals surface area contributed by atoms with E-state index in [0.29, 0.717) is 11.5 Å². The molecule has 1 fully saturated rings. The van der Waals surface area contributed by atoms with E-state index >= 15 is 0 Å². The van der Waals surface area contributed by atoms with E-state index in [9.17, 15) is 4.79 Å². The van der Waals surface area contributed by atoms with Crippen LogP contribution in [0.15, 0.2) is 36.1 Å². The topological polar surface area (TPSA) is 97.0 Å². The largest absolute Gasteiger partial charge is 0.384 e. The van der Waals surface area contributed by atoms with Crippen molar-refractivity contribution in [1.82, 2.24) is 15.0 Å². The van der Waals surface area contributed by atoms with Gasteiger partial charge in [-0.2, -0.15) is 0 Å². The quantitative estimate of drug-likeness (QED) is 0.729. The number of hydrogen-bond donors (Lipinski definition) is 2. The van der Waals surface area contributed by atoms with Crippen molar-refractivity contribution in [2.75, 3.05) is 22.5 Å². The summed E-state index contributed by atoms with van der Waals surface area (Å²) in [5.41, 5.74) is 6.22. The van der Waals surface area contributed by atoms with Crippen LogP contribution in [0, 0.1) is 0 Å². The number of carbonyl (C=O) groups is 1. The molecule has 0 aliphatic carbocycles. The highest BCUT2D eigenvalue weighted by Gasteiger charge is 2.32. The highest BCUT2D eigenvalue weighted by atomic mass is 35.5. The van der Waals surface area contributed by atoms with Gasteiger partial charge in [0, 0.05) is 6.54 Å². The fourth-order valence-electron chi connectivity index (χ4n) is 3.00. The second kappa shape index (κ2) is 7.20. The molecule has 1 aliphatic heterocycles. The van der Waals surface area contributed by atoms with E-state index in [2.05, 4.69) is 25.2 Å². The summed E-state index contributed by atoms with van der Waals surface area (Å²) in [6.07, 6.45) is 4.87. The molecular formula is C16H17ClN6OS. The van der Waals surface area contributed by atoms with Gasteiger partial charge < -0.3 is 16.0 Å². The molecule has 0 bridgehead atoms. The molecule has 3 aromatic heterocycles. The lowest BCUT2D eigenvalue weighted by Gasteiger charge is -2.25. The van der Waals surface area contributed by atoms with Crippen LogP contribution < -0.4 is 16.0 Å². The van der Waals surface area contributed by atoms with Gasteiger partial charge in [0.1, 0.15) is 28.8 Å². The summed E-state index contributed by atoms with van der Waals surface area (Å²) in [6.45, 7) is 0.806. The van der Waals surface area contributed by atoms with Gasteiger partial charge in [-0.05, 0) is 36.4 Å². The molecule has 1 atom stereocenters. The van der Waals surface area contributed by atoms with Gasteiger partial charge in [-0.25, -0.2) is 15.0 Å². The number of nitrogens with zero attached hydrogens (tertiary/aromatic N) is 4. The maximum Gasteiger partial charge on any atom is 0.247 e. The zero-order valence-corrected chi connectivity index (χ0v) is 14.9. The predicted molar refractivity (Wildman–Crippen MR) is 102 cm³/mol. The standard InChI is InChI=1S/C16H16N6OS.ClH/c17-13-4-3-10(8-18-13)21-15(23)12-2-1-6-22(12)14-11-5-7-24-16(11)20-9-19-14;/h3-5,7-9,12H,1-2,6H2,(H2,17,18)(H,21,23);1H. The molecule has 4 heterocycles. The van der Waals surface area contributed by atoms with Gasteiger partial charge in [-0.3, -0.25) is 4.79 Å². The van der Waals surface area contributed by atoms with E-state index in [0.717, 1.165) is 35.4 Å². The number of rotatable bonds is 3. The summed E-state index contributed by atoms with van der Waals surface area (Å²) in [5.74, 6) is 1.20. The first-order valence-corrected chi connectivity index (χ1v) is 8.57. The highest BCUT2D eigenvalue weighted by Crippen LogP contribution is 2.32. The Morgan fingerprint density at radius 1 is 1.28 bits per heavy atom. The number of nitrogens with one attached hydrogen (secondary N) is 1. The van der Waals surface area contributed by atoms with Crippen LogP contribution in [0.25, 0.3) is 10.2 Å². The molecule has 1 amide bonds. The Balaban J connectivity index is 0.00000182. The predicted octanol–water partition coefficient (Wildman–Crippen LogP) is 2.70. The Labute approximate surface area is 154 Å². The number of halogens is 1. The van der Waals surface area contributed by atoms with Crippen LogP contribution in [0.4, 0.5) is 17.3 Å². The zero-order valence-electron chi connectivity index (χ0n) is 13.3. The van der Waals surface area contributed by atoms with Crippen LogP contribution in [0.3, 0.4) is 0 Å². The van der Waals surface area contributed by atoms with Gasteiger partial charge in [-0.15, -0.1) is 23.7 Å². The van der Waals surface area contributed by atoms with Crippen molar-refractivity contribution in [2.45, 2.75) is 18.9 Å². The first-order chi connectivity index (χ1) is 11.7. The first-order valence-electron chi connectivity index (χ1n) is 7.69. The fourth-order valence-corrected chi connectivity index (χ4v) is 3.73. The van der Waals surface area contributed by atoms with Crippen LogP contribution in [-0.2, 0) is 4.79 Å². The Morgan fingerprint density at radius 2 is 2.16 bits per heavy atom. The number of nitrogens with two attached hydrogens (primary N) is 1. The van der Waals surface area contributed by atoms with Crippen molar-refractivity contribution in [3.8, 4) is 0 Å². The van der Waals surface area contributed by atoms with Crippen molar-refractivity contribution in [2.24, 2.45) is 0 Å². The number of pyridine rings is 1. The molecule has 3 aromatic rings. The molecule has 1 saturated heterocycles. The van der Waals surface area contributed by atoms with Crippen LogP contribution in [-0.4, -0.2) is 33.4 Å². The Hall–Kier alpha value is -2.45. The normalized spacial score (nSPS) is 16.6. The number of thiophene rings is 1. The molecule has 4 rings (SSSR count). The van der Waals surface area contributed by atoms with E-state index in [1.807, 2.05) is 11.4 Å². The first kappa shape index (κ1) is 17.4. The van der Waals surface area contributed by atoms with Crippen LogP contribution in [0.2, 0.25) is 0 Å². The summed E-state index contributed by atoms with van der Waals surface area (Å²) < 4.78 is 0. The molecule has 1 aliphatic rings. The Morgan fingerprint density at radius 3 is 2.96 bits per heavy atom. The Bertz CT molecular complexity index is 884. The molecule has 0 radical (unpaired) electrons. The summed E-state index contributed by atoms with van der Waals surface area (Å²) >= 11 is 1.58. The molecule has 130 valence electrons. The maximum absolute atomic E-state index is 12.7. The molecule has 9 heteroatoms.